The van der Waals surface area contributed by atoms with Gasteiger partial charge in [-0.2, -0.15) is 0 Å². The number of pyridine rings is 1. The van der Waals surface area contributed by atoms with Gasteiger partial charge in [0.05, 0.1) is 23.0 Å². The van der Waals surface area contributed by atoms with Gasteiger partial charge < -0.3 is 10.4 Å². The number of hydrogen-bond donors (Lipinski definition) is 2. The van der Waals surface area contributed by atoms with Crippen LogP contribution in [0.5, 0.6) is 0 Å². The normalized spacial score (nSPS) is 15.3. The topological polar surface area (TPSA) is 109 Å². The van der Waals surface area contributed by atoms with Crippen molar-refractivity contribution in [2.75, 3.05) is 0 Å². The van der Waals surface area contributed by atoms with Gasteiger partial charge in [0.15, 0.2) is 0 Å². The van der Waals surface area contributed by atoms with E-state index in [2.05, 4.69) is 38.5 Å². The fourth-order valence-corrected chi connectivity index (χ4v) is 6.72. The average molecular weight is 594 g/mol. The Hall–Kier alpha value is -4.66. The molecule has 2 aromatic carbocycles. The predicted octanol–water partition coefficient (Wildman–Crippen LogP) is 6.81. The second kappa shape index (κ2) is 10.5. The van der Waals surface area contributed by atoms with Crippen LogP contribution in [0.3, 0.4) is 0 Å². The Morgan fingerprint density at radius 1 is 1.00 bits per heavy atom. The summed E-state index contributed by atoms with van der Waals surface area (Å²) in [6.45, 7) is 9.63. The molecule has 2 N–H and O–H groups in total. The lowest BCUT2D eigenvalue weighted by Crippen LogP contribution is -2.51. The summed E-state index contributed by atoms with van der Waals surface area (Å²) in [6, 6.07) is 13.5. The second-order valence-corrected chi connectivity index (χ2v) is 13.8. The van der Waals surface area contributed by atoms with Crippen LogP contribution in [0.4, 0.5) is 4.39 Å². The Balaban J connectivity index is 1.29. The molecule has 226 valence electrons. The summed E-state index contributed by atoms with van der Waals surface area (Å²) in [4.78, 5) is 38.8. The Morgan fingerprint density at radius 3 is 2.43 bits per heavy atom. The highest BCUT2D eigenvalue weighted by molar-refractivity contribution is 5.97. The zero-order chi connectivity index (χ0) is 31.4. The summed E-state index contributed by atoms with van der Waals surface area (Å²) >= 11 is 0. The molecule has 1 amide bonds. The van der Waals surface area contributed by atoms with Crippen molar-refractivity contribution in [1.82, 2.24) is 24.7 Å². The monoisotopic (exact) mass is 593 g/mol. The van der Waals surface area contributed by atoms with E-state index in [-0.39, 0.29) is 16.4 Å². The number of nitrogens with zero attached hydrogens (tertiary/aromatic N) is 4. The zero-order valence-corrected chi connectivity index (χ0v) is 25.6. The number of rotatable bonds is 8. The Bertz CT molecular complexity index is 1920. The molecule has 0 aliphatic heterocycles. The maximum absolute atomic E-state index is 15.4. The number of hydrogen-bond acceptors (Lipinski definition) is 5. The standard InChI is InChI=1S/C35H36FN5O3/c1-33(2,3)20-34(4,5)29(31(43)44)40-30(42)25-10-8-21(16-26(25)36)23-17-38-32-39-18-28(41(32)19-23)35(12-13-35)24-9-11-27-22(15-24)7-6-14-37-27/h6-11,14-19,29H,12-13,20H2,1-5H3,(H,40,42)(H,43,44)/t29-/m1/s1. The highest BCUT2D eigenvalue weighted by atomic mass is 19.1. The van der Waals surface area contributed by atoms with Crippen molar-refractivity contribution in [3.63, 3.8) is 0 Å². The number of halogens is 1. The first-order valence-electron chi connectivity index (χ1n) is 14.8. The van der Waals surface area contributed by atoms with Crippen LogP contribution in [-0.4, -0.2) is 42.4 Å². The second-order valence-electron chi connectivity index (χ2n) is 13.8. The smallest absolute Gasteiger partial charge is 0.326 e. The van der Waals surface area contributed by atoms with Crippen molar-refractivity contribution in [3.05, 3.63) is 96.0 Å². The van der Waals surface area contributed by atoms with Gasteiger partial charge in [-0.1, -0.05) is 52.8 Å². The number of amides is 1. The highest BCUT2D eigenvalue weighted by Crippen LogP contribution is 2.53. The van der Waals surface area contributed by atoms with Gasteiger partial charge in [0.2, 0.25) is 5.78 Å². The lowest BCUT2D eigenvalue weighted by Gasteiger charge is -2.37. The van der Waals surface area contributed by atoms with Crippen LogP contribution in [0.1, 0.15) is 75.5 Å². The van der Waals surface area contributed by atoms with E-state index in [1.165, 1.54) is 17.7 Å². The van der Waals surface area contributed by atoms with Crippen molar-refractivity contribution in [2.24, 2.45) is 10.8 Å². The van der Waals surface area contributed by atoms with Crippen LogP contribution in [0, 0.1) is 16.6 Å². The van der Waals surface area contributed by atoms with Crippen LogP contribution in [0.25, 0.3) is 27.8 Å². The number of carbonyl (C=O) groups excluding carboxylic acids is 1. The number of aromatic nitrogens is 4. The van der Waals surface area contributed by atoms with E-state index in [1.807, 2.05) is 49.7 Å². The Labute approximate surface area is 255 Å². The minimum absolute atomic E-state index is 0.162. The maximum atomic E-state index is 15.4. The molecule has 0 unspecified atom stereocenters. The molecule has 44 heavy (non-hydrogen) atoms. The van der Waals surface area contributed by atoms with Crippen LogP contribution < -0.4 is 5.32 Å². The summed E-state index contributed by atoms with van der Waals surface area (Å²) in [7, 11) is 0. The summed E-state index contributed by atoms with van der Waals surface area (Å²) in [5.41, 5.74) is 3.02. The molecular weight excluding hydrogens is 557 g/mol. The zero-order valence-electron chi connectivity index (χ0n) is 25.6. The highest BCUT2D eigenvalue weighted by Gasteiger charge is 2.48. The van der Waals surface area contributed by atoms with E-state index in [9.17, 15) is 14.7 Å². The molecule has 1 aliphatic carbocycles. The van der Waals surface area contributed by atoms with Crippen LogP contribution >= 0.6 is 0 Å². The molecule has 6 rings (SSSR count). The largest absolute Gasteiger partial charge is 0.480 e. The Kier molecular flexibility index (Phi) is 7.02. The van der Waals surface area contributed by atoms with E-state index in [1.54, 1.807) is 32.3 Å². The number of carboxylic acids is 1. The SMILES string of the molecule is CC(C)(C)CC(C)(C)[C@H](NC(=O)c1ccc(-c2cnc3ncc(C4(c5ccc6ncccc6c5)CC4)n3c2)cc1F)C(=O)O. The molecule has 3 aromatic heterocycles. The average Bonchev–Trinajstić information content (AvgIpc) is 3.65. The van der Waals surface area contributed by atoms with E-state index >= 15 is 4.39 Å². The molecule has 5 aromatic rings. The van der Waals surface area contributed by atoms with Crippen molar-refractivity contribution >= 4 is 28.6 Å². The third-order valence-electron chi connectivity index (χ3n) is 8.60. The van der Waals surface area contributed by atoms with Gasteiger partial charge in [0, 0.05) is 35.0 Å². The number of carboxylic acid groups (broad SMARTS) is 1. The summed E-state index contributed by atoms with van der Waals surface area (Å²) in [5, 5.41) is 13.6. The summed E-state index contributed by atoms with van der Waals surface area (Å²) in [5.74, 6) is -2.12. The van der Waals surface area contributed by atoms with Crippen LogP contribution in [0.2, 0.25) is 0 Å². The molecule has 0 saturated heterocycles. The van der Waals surface area contributed by atoms with Crippen LogP contribution in [-0.2, 0) is 10.2 Å². The van der Waals surface area contributed by atoms with E-state index in [4.69, 9.17) is 0 Å². The van der Waals surface area contributed by atoms with Gasteiger partial charge in [-0.05, 0) is 71.6 Å². The van der Waals surface area contributed by atoms with E-state index in [0.717, 1.165) is 29.4 Å². The van der Waals surface area contributed by atoms with Gasteiger partial charge >= 0.3 is 5.97 Å². The van der Waals surface area contributed by atoms with Gasteiger partial charge in [-0.15, -0.1) is 0 Å². The molecule has 1 aliphatic rings. The van der Waals surface area contributed by atoms with E-state index in [0.29, 0.717) is 23.3 Å². The number of aliphatic carboxylic acids is 1. The first-order chi connectivity index (χ1) is 20.8. The number of carbonyl (C=O) groups is 2. The first-order valence-corrected chi connectivity index (χ1v) is 14.8. The molecule has 0 bridgehead atoms. The number of benzene rings is 2. The maximum Gasteiger partial charge on any atom is 0.326 e. The summed E-state index contributed by atoms with van der Waals surface area (Å²) in [6.07, 6.45) is 9.67. The molecule has 9 heteroatoms. The number of imidazole rings is 1. The molecule has 1 atom stereocenters. The van der Waals surface area contributed by atoms with Gasteiger partial charge in [0.1, 0.15) is 11.9 Å². The first kappa shape index (κ1) is 29.4. The molecular formula is C35H36FN5O3. The fourth-order valence-electron chi connectivity index (χ4n) is 6.72. The lowest BCUT2D eigenvalue weighted by atomic mass is 9.72. The van der Waals surface area contributed by atoms with E-state index < -0.39 is 29.2 Å². The molecule has 8 nitrogen and oxygen atoms in total. The minimum atomic E-state index is -1.19. The molecule has 0 radical (unpaired) electrons. The molecule has 0 spiro atoms. The van der Waals surface area contributed by atoms with Crippen molar-refractivity contribution in [1.29, 1.82) is 0 Å². The van der Waals surface area contributed by atoms with Crippen LogP contribution in [0.15, 0.2) is 73.3 Å². The third kappa shape index (κ3) is 5.42. The van der Waals surface area contributed by atoms with Gasteiger partial charge in [-0.25, -0.2) is 19.2 Å². The van der Waals surface area contributed by atoms with Crippen molar-refractivity contribution in [2.45, 2.75) is 65.3 Å². The van der Waals surface area contributed by atoms with Gasteiger partial charge in [-0.3, -0.25) is 14.2 Å². The third-order valence-corrected chi connectivity index (χ3v) is 8.60. The number of nitrogens with one attached hydrogen (secondary N) is 1. The molecule has 3 heterocycles. The predicted molar refractivity (Wildman–Crippen MR) is 167 cm³/mol. The molecule has 1 saturated carbocycles. The minimum Gasteiger partial charge on any atom is -0.480 e. The lowest BCUT2D eigenvalue weighted by molar-refractivity contribution is -0.142. The fraction of sp³-hybridized carbons (Fsp3) is 0.343. The van der Waals surface area contributed by atoms with Gasteiger partial charge in [0.25, 0.3) is 5.91 Å². The Morgan fingerprint density at radius 2 is 1.75 bits per heavy atom. The van der Waals surface area contributed by atoms with Crippen molar-refractivity contribution < 1.29 is 19.1 Å². The van der Waals surface area contributed by atoms with Crippen molar-refractivity contribution in [3.8, 4) is 11.1 Å². The summed E-state index contributed by atoms with van der Waals surface area (Å²) < 4.78 is 17.4. The number of fused-ring (bicyclic) bond motifs is 2. The molecule has 1 fully saturated rings. The quantitative estimate of drug-likeness (QED) is 0.205.